The molecule has 0 aliphatic carbocycles. The normalized spacial score (nSPS) is 15.8. The van der Waals surface area contributed by atoms with Gasteiger partial charge in [-0.1, -0.05) is 51.9 Å². The molecule has 2 aromatic rings. The van der Waals surface area contributed by atoms with Crippen molar-refractivity contribution in [2.45, 2.75) is 82.1 Å². The molecule has 0 N–H and O–H groups in total. The molecule has 32 heavy (non-hydrogen) atoms. The van der Waals surface area contributed by atoms with Gasteiger partial charge in [0, 0.05) is 29.5 Å². The second-order valence-electron chi connectivity index (χ2n) is 8.13. The maximum absolute atomic E-state index is 14.4. The van der Waals surface area contributed by atoms with Gasteiger partial charge >= 0.3 is 5.97 Å². The third-order valence-electron chi connectivity index (χ3n) is 5.49. The minimum absolute atomic E-state index is 0.105. The molecule has 3 rings (SSSR count). The number of aromatic nitrogens is 2. The zero-order valence-electron chi connectivity index (χ0n) is 18.9. The SMILES string of the molecule is CCCCCCCCCCSc1cnc(-c2ccc(OC(=O)C3CCCO3)c(F)c2)nc1. The van der Waals surface area contributed by atoms with Crippen LogP contribution in [0.5, 0.6) is 5.75 Å². The van der Waals surface area contributed by atoms with Crippen LogP contribution in [0.15, 0.2) is 35.5 Å². The fourth-order valence-corrected chi connectivity index (χ4v) is 4.46. The third kappa shape index (κ3) is 7.85. The summed E-state index contributed by atoms with van der Waals surface area (Å²) in [5, 5.41) is 0. The van der Waals surface area contributed by atoms with E-state index in [9.17, 15) is 9.18 Å². The molecule has 1 atom stereocenters. The van der Waals surface area contributed by atoms with Gasteiger partial charge in [-0.15, -0.1) is 11.8 Å². The van der Waals surface area contributed by atoms with E-state index in [0.29, 0.717) is 24.4 Å². The van der Waals surface area contributed by atoms with Crippen LogP contribution in [-0.4, -0.2) is 34.4 Å². The number of nitrogens with zero attached hydrogens (tertiary/aromatic N) is 2. The van der Waals surface area contributed by atoms with Gasteiger partial charge in [-0.2, -0.15) is 0 Å². The van der Waals surface area contributed by atoms with Gasteiger partial charge in [-0.25, -0.2) is 19.2 Å². The second kappa shape index (κ2) is 13.5. The van der Waals surface area contributed by atoms with Crippen LogP contribution in [0.2, 0.25) is 0 Å². The average Bonchev–Trinajstić information content (AvgIpc) is 3.35. The lowest BCUT2D eigenvalue weighted by Crippen LogP contribution is -2.25. The molecule has 0 amide bonds. The Morgan fingerprint density at radius 1 is 1.12 bits per heavy atom. The van der Waals surface area contributed by atoms with E-state index >= 15 is 0 Å². The van der Waals surface area contributed by atoms with E-state index in [4.69, 9.17) is 9.47 Å². The molecular weight excluding hydrogens is 427 g/mol. The van der Waals surface area contributed by atoms with Crippen molar-refractivity contribution in [2.75, 3.05) is 12.4 Å². The first-order valence-electron chi connectivity index (χ1n) is 11.8. The van der Waals surface area contributed by atoms with Crippen LogP contribution in [0.1, 0.15) is 71.1 Å². The molecule has 0 spiro atoms. The van der Waals surface area contributed by atoms with Gasteiger partial charge in [0.15, 0.2) is 23.5 Å². The Hall–Kier alpha value is -1.99. The van der Waals surface area contributed by atoms with Crippen LogP contribution >= 0.6 is 11.8 Å². The van der Waals surface area contributed by atoms with E-state index in [1.807, 2.05) is 0 Å². The number of carbonyl (C=O) groups excluding carboxylic acids is 1. The number of hydrogen-bond donors (Lipinski definition) is 0. The van der Waals surface area contributed by atoms with Gasteiger partial charge in [-0.05, 0) is 43.2 Å². The number of rotatable bonds is 13. The Labute approximate surface area is 194 Å². The number of unbranched alkanes of at least 4 members (excludes halogenated alkanes) is 7. The van der Waals surface area contributed by atoms with Gasteiger partial charge in [0.1, 0.15) is 0 Å². The molecule has 7 heteroatoms. The van der Waals surface area contributed by atoms with Gasteiger partial charge in [0.25, 0.3) is 0 Å². The maximum Gasteiger partial charge on any atom is 0.340 e. The highest BCUT2D eigenvalue weighted by Crippen LogP contribution is 2.26. The van der Waals surface area contributed by atoms with Crippen molar-refractivity contribution in [2.24, 2.45) is 0 Å². The largest absolute Gasteiger partial charge is 0.421 e. The molecule has 0 saturated carbocycles. The number of thioether (sulfide) groups is 1. The minimum atomic E-state index is -0.620. The number of esters is 1. The third-order valence-corrected chi connectivity index (χ3v) is 6.52. The molecular formula is C25H33FN2O3S. The van der Waals surface area contributed by atoms with E-state index in [1.165, 1.54) is 63.5 Å². The molecule has 1 saturated heterocycles. The number of halogens is 1. The van der Waals surface area contributed by atoms with E-state index in [0.717, 1.165) is 17.1 Å². The van der Waals surface area contributed by atoms with E-state index in [-0.39, 0.29) is 5.75 Å². The van der Waals surface area contributed by atoms with E-state index in [1.54, 1.807) is 30.2 Å². The first-order valence-corrected chi connectivity index (χ1v) is 12.7. The van der Waals surface area contributed by atoms with Crippen LogP contribution in [0, 0.1) is 5.82 Å². The Morgan fingerprint density at radius 2 is 1.84 bits per heavy atom. The Morgan fingerprint density at radius 3 is 2.50 bits per heavy atom. The number of carbonyl (C=O) groups is 1. The summed E-state index contributed by atoms with van der Waals surface area (Å²) in [4.78, 5) is 21.8. The highest BCUT2D eigenvalue weighted by molar-refractivity contribution is 7.99. The predicted octanol–water partition coefficient (Wildman–Crippen LogP) is 6.60. The lowest BCUT2D eigenvalue weighted by atomic mass is 10.1. The zero-order valence-corrected chi connectivity index (χ0v) is 19.7. The molecule has 1 unspecified atom stereocenters. The summed E-state index contributed by atoms with van der Waals surface area (Å²) in [5.41, 5.74) is 0.541. The summed E-state index contributed by atoms with van der Waals surface area (Å²) < 4.78 is 24.9. The van der Waals surface area contributed by atoms with Crippen molar-refractivity contribution < 1.29 is 18.7 Å². The van der Waals surface area contributed by atoms with Crippen molar-refractivity contribution in [3.63, 3.8) is 0 Å². The highest BCUT2D eigenvalue weighted by Gasteiger charge is 2.26. The average molecular weight is 461 g/mol. The smallest absolute Gasteiger partial charge is 0.340 e. The van der Waals surface area contributed by atoms with E-state index < -0.39 is 17.9 Å². The molecule has 0 radical (unpaired) electrons. The Balaban J connectivity index is 1.42. The van der Waals surface area contributed by atoms with Crippen LogP contribution < -0.4 is 4.74 Å². The first-order chi connectivity index (χ1) is 15.7. The molecule has 5 nitrogen and oxygen atoms in total. The summed E-state index contributed by atoms with van der Waals surface area (Å²) in [6, 6.07) is 4.39. The number of hydrogen-bond acceptors (Lipinski definition) is 6. The van der Waals surface area contributed by atoms with Gasteiger partial charge in [0.05, 0.1) is 0 Å². The summed E-state index contributed by atoms with van der Waals surface area (Å²) in [5.74, 6) is 0.217. The monoisotopic (exact) mass is 460 g/mol. The highest BCUT2D eigenvalue weighted by atomic mass is 32.2. The fraction of sp³-hybridized carbons (Fsp3) is 0.560. The number of benzene rings is 1. The quantitative estimate of drug-likeness (QED) is 0.145. The summed E-state index contributed by atoms with van der Waals surface area (Å²) in [6.45, 7) is 2.78. The molecule has 1 aromatic carbocycles. The molecule has 1 aromatic heterocycles. The lowest BCUT2D eigenvalue weighted by Gasteiger charge is -2.10. The minimum Gasteiger partial charge on any atom is -0.421 e. The molecule has 174 valence electrons. The van der Waals surface area contributed by atoms with Gasteiger partial charge in [0.2, 0.25) is 0 Å². The van der Waals surface area contributed by atoms with Gasteiger partial charge in [-0.3, -0.25) is 0 Å². The molecule has 2 heterocycles. The molecule has 1 aliphatic heterocycles. The van der Waals surface area contributed by atoms with Crippen molar-refractivity contribution in [1.82, 2.24) is 9.97 Å². The van der Waals surface area contributed by atoms with Crippen LogP contribution in [0.25, 0.3) is 11.4 Å². The second-order valence-corrected chi connectivity index (χ2v) is 9.30. The number of ether oxygens (including phenoxy) is 2. The molecule has 1 aliphatic rings. The molecule has 0 bridgehead atoms. The lowest BCUT2D eigenvalue weighted by molar-refractivity contribution is -0.144. The summed E-state index contributed by atoms with van der Waals surface area (Å²) in [7, 11) is 0. The molecule has 1 fully saturated rings. The summed E-state index contributed by atoms with van der Waals surface area (Å²) >= 11 is 1.75. The van der Waals surface area contributed by atoms with Crippen LogP contribution in [-0.2, 0) is 9.53 Å². The van der Waals surface area contributed by atoms with Crippen molar-refractivity contribution in [1.29, 1.82) is 0 Å². The topological polar surface area (TPSA) is 61.3 Å². The van der Waals surface area contributed by atoms with E-state index in [2.05, 4.69) is 16.9 Å². The standard InChI is InChI=1S/C25H33FN2O3S/c1-2-3-4-5-6-7-8-9-15-32-20-17-27-24(28-18-20)19-12-13-22(21(26)16-19)31-25(29)23-11-10-14-30-23/h12-13,16-18,23H,2-11,14-15H2,1H3. The first kappa shape index (κ1) is 24.6. The maximum atomic E-state index is 14.4. The van der Waals surface area contributed by atoms with Crippen molar-refractivity contribution in [3.05, 3.63) is 36.4 Å². The van der Waals surface area contributed by atoms with Crippen LogP contribution in [0.4, 0.5) is 4.39 Å². The fourth-order valence-electron chi connectivity index (χ4n) is 3.63. The predicted molar refractivity (Wildman–Crippen MR) is 125 cm³/mol. The van der Waals surface area contributed by atoms with Crippen LogP contribution in [0.3, 0.4) is 0 Å². The van der Waals surface area contributed by atoms with Crippen molar-refractivity contribution in [3.8, 4) is 17.1 Å². The summed E-state index contributed by atoms with van der Waals surface area (Å²) in [6.07, 6.45) is 14.8. The Bertz CT molecular complexity index is 842. The van der Waals surface area contributed by atoms with Gasteiger partial charge < -0.3 is 9.47 Å². The Kier molecular flexibility index (Phi) is 10.4. The van der Waals surface area contributed by atoms with Crippen molar-refractivity contribution >= 4 is 17.7 Å². The zero-order chi connectivity index (χ0) is 22.6.